The van der Waals surface area contributed by atoms with Gasteiger partial charge in [0.2, 0.25) is 5.91 Å². The maximum Gasteiger partial charge on any atom is 0.222 e. The maximum absolute atomic E-state index is 11.4. The van der Waals surface area contributed by atoms with E-state index in [4.69, 9.17) is 4.74 Å². The van der Waals surface area contributed by atoms with Crippen LogP contribution in [0.2, 0.25) is 0 Å². The lowest BCUT2D eigenvalue weighted by atomic mass is 10.1. The molecule has 0 aromatic rings. The zero-order valence-electron chi connectivity index (χ0n) is 10.5. The van der Waals surface area contributed by atoms with Crippen molar-refractivity contribution in [1.82, 2.24) is 5.32 Å². The van der Waals surface area contributed by atoms with Gasteiger partial charge in [0.25, 0.3) is 0 Å². The molecule has 0 bridgehead atoms. The van der Waals surface area contributed by atoms with Gasteiger partial charge in [0.05, 0.1) is 0 Å². The number of carbonyl (C=O) groups excluding carboxylic acids is 2. The first-order valence-corrected chi connectivity index (χ1v) is 6.02. The van der Waals surface area contributed by atoms with E-state index in [1.165, 1.54) is 12.2 Å². The molecule has 0 saturated carbocycles. The molecule has 0 spiro atoms. The molecule has 2 rings (SSSR count). The van der Waals surface area contributed by atoms with Crippen LogP contribution in [0.25, 0.3) is 0 Å². The molecule has 1 atom stereocenters. The van der Waals surface area contributed by atoms with Crippen molar-refractivity contribution in [2.24, 2.45) is 10.9 Å². The number of allylic oxidation sites excluding steroid dienone is 3. The number of hydrogen-bond donors (Lipinski definition) is 1. The van der Waals surface area contributed by atoms with Gasteiger partial charge in [-0.25, -0.2) is 4.99 Å². The zero-order valence-corrected chi connectivity index (χ0v) is 10.5. The Morgan fingerprint density at radius 3 is 3.00 bits per heavy atom. The number of fused-ring (bicyclic) bond motifs is 1. The number of ether oxygens (including phenoxy) is 1. The van der Waals surface area contributed by atoms with Gasteiger partial charge < -0.3 is 10.1 Å². The van der Waals surface area contributed by atoms with Crippen molar-refractivity contribution in [3.05, 3.63) is 24.0 Å². The summed E-state index contributed by atoms with van der Waals surface area (Å²) in [7, 11) is 0. The highest BCUT2D eigenvalue weighted by atomic mass is 16.5. The van der Waals surface area contributed by atoms with Crippen LogP contribution < -0.4 is 5.32 Å². The summed E-state index contributed by atoms with van der Waals surface area (Å²) in [6.07, 6.45) is 4.85. The van der Waals surface area contributed by atoms with E-state index in [-0.39, 0.29) is 23.8 Å². The zero-order chi connectivity index (χ0) is 13.1. The van der Waals surface area contributed by atoms with E-state index >= 15 is 0 Å². The van der Waals surface area contributed by atoms with E-state index in [1.54, 1.807) is 6.08 Å². The van der Waals surface area contributed by atoms with Gasteiger partial charge in [-0.1, -0.05) is 13.8 Å². The predicted molar refractivity (Wildman–Crippen MR) is 67.0 cm³/mol. The monoisotopic (exact) mass is 248 g/mol. The topological polar surface area (TPSA) is 67.8 Å². The second kappa shape index (κ2) is 5.16. The molecule has 2 aliphatic rings. The maximum atomic E-state index is 11.4. The molecule has 0 aromatic heterocycles. The largest absolute Gasteiger partial charge is 0.466 e. The Labute approximate surface area is 106 Å². The molecule has 18 heavy (non-hydrogen) atoms. The Bertz CT molecular complexity index is 461. The summed E-state index contributed by atoms with van der Waals surface area (Å²) in [5.74, 6) is 0.444. The van der Waals surface area contributed by atoms with E-state index in [1.807, 2.05) is 13.8 Å². The first-order valence-electron chi connectivity index (χ1n) is 6.02. The SMILES string of the molecule is CC(C)C(=O)NCCC1N=C2C=CC(=O)C=C2O1. The van der Waals surface area contributed by atoms with Crippen LogP contribution in [-0.4, -0.2) is 30.2 Å². The van der Waals surface area contributed by atoms with Gasteiger partial charge in [-0.3, -0.25) is 9.59 Å². The number of hydrogen-bond acceptors (Lipinski definition) is 4. The molecule has 0 saturated heterocycles. The summed E-state index contributed by atoms with van der Waals surface area (Å²) in [4.78, 5) is 26.8. The fourth-order valence-electron chi connectivity index (χ4n) is 1.67. The Morgan fingerprint density at radius 2 is 2.28 bits per heavy atom. The normalized spacial score (nSPS) is 21.3. The van der Waals surface area contributed by atoms with Crippen LogP contribution in [0.5, 0.6) is 0 Å². The molecular formula is C13H16N2O3. The summed E-state index contributed by atoms with van der Waals surface area (Å²) in [5.41, 5.74) is 0.704. The highest BCUT2D eigenvalue weighted by Crippen LogP contribution is 2.21. The van der Waals surface area contributed by atoms with Gasteiger partial charge in [0, 0.05) is 25.0 Å². The van der Waals surface area contributed by atoms with E-state index in [0.717, 1.165) is 0 Å². The van der Waals surface area contributed by atoms with Crippen LogP contribution in [0, 0.1) is 5.92 Å². The van der Waals surface area contributed by atoms with Crippen molar-refractivity contribution in [2.45, 2.75) is 26.5 Å². The van der Waals surface area contributed by atoms with Crippen LogP contribution in [0.4, 0.5) is 0 Å². The molecule has 1 aliphatic carbocycles. The average Bonchev–Trinajstić information content (AvgIpc) is 2.70. The summed E-state index contributed by atoms with van der Waals surface area (Å²) in [6.45, 7) is 4.21. The third-order valence-electron chi connectivity index (χ3n) is 2.69. The number of amides is 1. The van der Waals surface area contributed by atoms with E-state index in [9.17, 15) is 9.59 Å². The molecule has 1 heterocycles. The van der Waals surface area contributed by atoms with E-state index in [0.29, 0.717) is 24.4 Å². The fraction of sp³-hybridized carbons (Fsp3) is 0.462. The lowest BCUT2D eigenvalue weighted by Gasteiger charge is -2.11. The lowest BCUT2D eigenvalue weighted by Crippen LogP contribution is -2.30. The van der Waals surface area contributed by atoms with Crippen LogP contribution in [0.1, 0.15) is 20.3 Å². The Morgan fingerprint density at radius 1 is 1.50 bits per heavy atom. The molecule has 1 unspecified atom stereocenters. The lowest BCUT2D eigenvalue weighted by molar-refractivity contribution is -0.124. The van der Waals surface area contributed by atoms with E-state index in [2.05, 4.69) is 10.3 Å². The van der Waals surface area contributed by atoms with Crippen molar-refractivity contribution >= 4 is 17.4 Å². The molecule has 0 radical (unpaired) electrons. The second-order valence-corrected chi connectivity index (χ2v) is 4.57. The first-order chi connectivity index (χ1) is 8.56. The Kier molecular flexibility index (Phi) is 3.60. The van der Waals surface area contributed by atoms with Gasteiger partial charge in [0.1, 0.15) is 5.71 Å². The molecule has 5 heteroatoms. The summed E-state index contributed by atoms with van der Waals surface area (Å²) < 4.78 is 5.51. The Hall–Kier alpha value is -1.91. The molecular weight excluding hydrogens is 232 g/mol. The molecule has 96 valence electrons. The quantitative estimate of drug-likeness (QED) is 0.754. The summed E-state index contributed by atoms with van der Waals surface area (Å²) >= 11 is 0. The van der Waals surface area contributed by atoms with Gasteiger partial charge in [-0.05, 0) is 12.2 Å². The average molecular weight is 248 g/mol. The van der Waals surface area contributed by atoms with Crippen LogP contribution in [-0.2, 0) is 14.3 Å². The highest BCUT2D eigenvalue weighted by Gasteiger charge is 2.24. The molecule has 1 N–H and O–H groups in total. The molecule has 0 fully saturated rings. The number of nitrogens with one attached hydrogen (secondary N) is 1. The first kappa shape index (κ1) is 12.5. The number of aliphatic imine (C=N–C) groups is 1. The minimum Gasteiger partial charge on any atom is -0.466 e. The number of rotatable bonds is 4. The molecule has 1 aliphatic heterocycles. The van der Waals surface area contributed by atoms with Gasteiger partial charge in [-0.2, -0.15) is 0 Å². The van der Waals surface area contributed by atoms with Gasteiger partial charge >= 0.3 is 0 Å². The third-order valence-corrected chi connectivity index (χ3v) is 2.69. The van der Waals surface area contributed by atoms with Crippen molar-refractivity contribution in [3.8, 4) is 0 Å². The third kappa shape index (κ3) is 2.85. The van der Waals surface area contributed by atoms with Crippen LogP contribution >= 0.6 is 0 Å². The van der Waals surface area contributed by atoms with Crippen molar-refractivity contribution in [1.29, 1.82) is 0 Å². The van der Waals surface area contributed by atoms with Gasteiger partial charge in [0.15, 0.2) is 17.8 Å². The molecule has 0 aromatic carbocycles. The number of carbonyl (C=O) groups is 2. The van der Waals surface area contributed by atoms with Crippen molar-refractivity contribution in [3.63, 3.8) is 0 Å². The predicted octanol–water partition coefficient (Wildman–Crippen LogP) is 0.969. The van der Waals surface area contributed by atoms with Crippen molar-refractivity contribution in [2.75, 3.05) is 6.54 Å². The Balaban J connectivity index is 1.82. The summed E-state index contributed by atoms with van der Waals surface area (Å²) in [5, 5.41) is 2.81. The minimum absolute atomic E-state index is 0.0207. The van der Waals surface area contributed by atoms with Crippen LogP contribution in [0.15, 0.2) is 29.0 Å². The number of nitrogens with zero attached hydrogens (tertiary/aromatic N) is 1. The van der Waals surface area contributed by atoms with Gasteiger partial charge in [-0.15, -0.1) is 0 Å². The highest BCUT2D eigenvalue weighted by molar-refractivity contribution is 6.19. The molecule has 5 nitrogen and oxygen atoms in total. The number of ketones is 1. The molecule has 1 amide bonds. The van der Waals surface area contributed by atoms with Crippen LogP contribution in [0.3, 0.4) is 0 Å². The second-order valence-electron chi connectivity index (χ2n) is 4.57. The standard InChI is InChI=1S/C13H16N2O3/c1-8(2)13(17)14-6-5-12-15-10-4-3-9(16)7-11(10)18-12/h3-4,7-8,12H,5-6H2,1-2H3,(H,14,17). The minimum atomic E-state index is -0.311. The fourth-order valence-corrected chi connectivity index (χ4v) is 1.67. The van der Waals surface area contributed by atoms with Crippen molar-refractivity contribution < 1.29 is 14.3 Å². The smallest absolute Gasteiger partial charge is 0.222 e. The summed E-state index contributed by atoms with van der Waals surface area (Å²) in [6, 6.07) is 0. The van der Waals surface area contributed by atoms with E-state index < -0.39 is 0 Å².